The van der Waals surface area contributed by atoms with Crippen molar-refractivity contribution in [3.8, 4) is 5.75 Å². The number of aryl methyl sites for hydroxylation is 2. The molecule has 3 aromatic carbocycles. The van der Waals surface area contributed by atoms with Crippen molar-refractivity contribution >= 4 is 27.5 Å². The van der Waals surface area contributed by atoms with E-state index in [1.54, 1.807) is 0 Å². The van der Waals surface area contributed by atoms with Crippen molar-refractivity contribution < 1.29 is 9.53 Å². The van der Waals surface area contributed by atoms with Crippen LogP contribution in [0.25, 0.3) is 0 Å². The average Bonchev–Trinajstić information content (AvgIpc) is 2.65. The fourth-order valence-corrected chi connectivity index (χ4v) is 2.74. The lowest BCUT2D eigenvalue weighted by Crippen LogP contribution is -2.12. The lowest BCUT2D eigenvalue weighted by Gasteiger charge is -2.09. The van der Waals surface area contributed by atoms with Gasteiger partial charge in [0, 0.05) is 15.7 Å². The maximum atomic E-state index is 12.4. The van der Waals surface area contributed by atoms with E-state index in [-0.39, 0.29) is 5.91 Å². The summed E-state index contributed by atoms with van der Waals surface area (Å²) >= 11 is 3.40. The Kier molecular flexibility index (Phi) is 5.74. The van der Waals surface area contributed by atoms with Crippen molar-refractivity contribution in [3.05, 3.63) is 93.5 Å². The number of rotatable bonds is 5. The maximum absolute atomic E-state index is 12.4. The molecule has 0 unspecified atom stereocenters. The number of ether oxygens (including phenoxy) is 1. The van der Waals surface area contributed by atoms with E-state index in [1.165, 1.54) is 5.56 Å². The molecular weight excluding hydrogens is 390 g/mol. The molecule has 0 aliphatic carbocycles. The topological polar surface area (TPSA) is 38.3 Å². The Morgan fingerprint density at radius 3 is 2.27 bits per heavy atom. The highest BCUT2D eigenvalue weighted by atomic mass is 79.9. The lowest BCUT2D eigenvalue weighted by atomic mass is 10.1. The minimum atomic E-state index is -0.117. The minimum Gasteiger partial charge on any atom is -0.489 e. The van der Waals surface area contributed by atoms with E-state index in [9.17, 15) is 4.79 Å². The molecule has 0 saturated carbocycles. The maximum Gasteiger partial charge on any atom is 0.255 e. The third-order valence-corrected chi connectivity index (χ3v) is 4.73. The van der Waals surface area contributed by atoms with E-state index >= 15 is 0 Å². The van der Waals surface area contributed by atoms with Gasteiger partial charge in [-0.25, -0.2) is 0 Å². The van der Waals surface area contributed by atoms with Gasteiger partial charge in [0.15, 0.2) is 0 Å². The predicted octanol–water partition coefficient (Wildman–Crippen LogP) is 5.90. The van der Waals surface area contributed by atoms with Crippen LogP contribution < -0.4 is 10.1 Å². The lowest BCUT2D eigenvalue weighted by molar-refractivity contribution is 0.102. The number of hydrogen-bond donors (Lipinski definition) is 1. The van der Waals surface area contributed by atoms with Gasteiger partial charge in [-0.05, 0) is 79.1 Å². The first-order chi connectivity index (χ1) is 12.5. The normalized spacial score (nSPS) is 10.4. The summed E-state index contributed by atoms with van der Waals surface area (Å²) in [5.74, 6) is 0.693. The van der Waals surface area contributed by atoms with Crippen LogP contribution in [0.2, 0.25) is 0 Å². The highest BCUT2D eigenvalue weighted by Gasteiger charge is 2.07. The number of halogens is 1. The number of carbonyl (C=O) groups excluding carboxylic acids is 1. The Hall–Kier alpha value is -2.59. The SMILES string of the molecule is Cc1ccc(NC(=O)c2ccc(COc3ccc(Br)cc3)cc2)cc1C. The van der Waals surface area contributed by atoms with E-state index in [0.29, 0.717) is 12.2 Å². The third-order valence-electron chi connectivity index (χ3n) is 4.20. The van der Waals surface area contributed by atoms with E-state index in [4.69, 9.17) is 4.74 Å². The van der Waals surface area contributed by atoms with Gasteiger partial charge >= 0.3 is 0 Å². The van der Waals surface area contributed by atoms with Crippen molar-refractivity contribution in [3.63, 3.8) is 0 Å². The fraction of sp³-hybridized carbons (Fsp3) is 0.136. The first-order valence-electron chi connectivity index (χ1n) is 8.37. The summed E-state index contributed by atoms with van der Waals surface area (Å²) < 4.78 is 6.76. The molecule has 0 aliphatic rings. The Morgan fingerprint density at radius 1 is 0.923 bits per heavy atom. The monoisotopic (exact) mass is 409 g/mol. The molecular formula is C22H20BrNO2. The summed E-state index contributed by atoms with van der Waals surface area (Å²) in [5, 5.41) is 2.93. The molecule has 1 amide bonds. The van der Waals surface area contributed by atoms with Gasteiger partial charge in [-0.2, -0.15) is 0 Å². The Bertz CT molecular complexity index is 902. The van der Waals surface area contributed by atoms with Crippen molar-refractivity contribution in [1.29, 1.82) is 0 Å². The van der Waals surface area contributed by atoms with Crippen LogP contribution in [0.4, 0.5) is 5.69 Å². The van der Waals surface area contributed by atoms with E-state index in [1.807, 2.05) is 73.7 Å². The van der Waals surface area contributed by atoms with Crippen LogP contribution in [-0.2, 0) is 6.61 Å². The molecule has 3 aromatic rings. The molecule has 0 fully saturated rings. The summed E-state index contributed by atoms with van der Waals surface area (Å²) in [5.41, 5.74) is 4.80. The molecule has 3 rings (SSSR count). The highest BCUT2D eigenvalue weighted by Crippen LogP contribution is 2.18. The zero-order valence-electron chi connectivity index (χ0n) is 14.8. The van der Waals surface area contributed by atoms with Crippen molar-refractivity contribution in [2.45, 2.75) is 20.5 Å². The van der Waals surface area contributed by atoms with Gasteiger partial charge in [0.05, 0.1) is 0 Å². The van der Waals surface area contributed by atoms with Gasteiger partial charge in [0.25, 0.3) is 5.91 Å². The zero-order chi connectivity index (χ0) is 18.5. The summed E-state index contributed by atoms with van der Waals surface area (Å²) in [4.78, 5) is 12.4. The number of nitrogens with one attached hydrogen (secondary N) is 1. The Morgan fingerprint density at radius 2 is 1.62 bits per heavy atom. The molecule has 0 aliphatic heterocycles. The van der Waals surface area contributed by atoms with Crippen molar-refractivity contribution in [2.75, 3.05) is 5.32 Å². The van der Waals surface area contributed by atoms with E-state index < -0.39 is 0 Å². The number of amides is 1. The van der Waals surface area contributed by atoms with Gasteiger partial charge in [-0.3, -0.25) is 4.79 Å². The minimum absolute atomic E-state index is 0.117. The van der Waals surface area contributed by atoms with Crippen molar-refractivity contribution in [2.24, 2.45) is 0 Å². The van der Waals surface area contributed by atoms with Crippen LogP contribution in [0.15, 0.2) is 71.2 Å². The molecule has 26 heavy (non-hydrogen) atoms. The number of carbonyl (C=O) groups is 1. The van der Waals surface area contributed by atoms with Gasteiger partial charge in [0.2, 0.25) is 0 Å². The molecule has 4 heteroatoms. The molecule has 3 nitrogen and oxygen atoms in total. The first-order valence-corrected chi connectivity index (χ1v) is 9.16. The number of hydrogen-bond acceptors (Lipinski definition) is 2. The second-order valence-corrected chi connectivity index (χ2v) is 7.11. The van der Waals surface area contributed by atoms with Gasteiger partial charge < -0.3 is 10.1 Å². The molecule has 0 aromatic heterocycles. The van der Waals surface area contributed by atoms with E-state index in [2.05, 4.69) is 28.2 Å². The van der Waals surface area contributed by atoms with Gasteiger partial charge in [-0.15, -0.1) is 0 Å². The van der Waals surface area contributed by atoms with Crippen LogP contribution in [0.5, 0.6) is 5.75 Å². The smallest absolute Gasteiger partial charge is 0.255 e. The van der Waals surface area contributed by atoms with Crippen LogP contribution in [-0.4, -0.2) is 5.91 Å². The summed E-state index contributed by atoms with van der Waals surface area (Å²) in [7, 11) is 0. The molecule has 1 N–H and O–H groups in total. The third kappa shape index (κ3) is 4.73. The molecule has 0 radical (unpaired) electrons. The number of anilines is 1. The van der Waals surface area contributed by atoms with E-state index in [0.717, 1.165) is 27.0 Å². The number of benzene rings is 3. The molecule has 132 valence electrons. The zero-order valence-corrected chi connectivity index (χ0v) is 16.3. The standard InChI is InChI=1S/C22H20BrNO2/c1-15-3-10-20(13-16(15)2)24-22(25)18-6-4-17(5-7-18)14-26-21-11-8-19(23)9-12-21/h3-13H,14H2,1-2H3,(H,24,25). The molecule has 0 atom stereocenters. The van der Waals surface area contributed by atoms with Crippen molar-refractivity contribution in [1.82, 2.24) is 0 Å². The largest absolute Gasteiger partial charge is 0.489 e. The second kappa shape index (κ2) is 8.19. The molecule has 0 bridgehead atoms. The first kappa shape index (κ1) is 18.2. The molecule has 0 saturated heterocycles. The molecule has 0 spiro atoms. The van der Waals surface area contributed by atoms with Crippen LogP contribution in [0.3, 0.4) is 0 Å². The van der Waals surface area contributed by atoms with Crippen LogP contribution in [0, 0.1) is 13.8 Å². The summed E-state index contributed by atoms with van der Waals surface area (Å²) in [6, 6.07) is 21.1. The van der Waals surface area contributed by atoms with Crippen LogP contribution in [0.1, 0.15) is 27.0 Å². The second-order valence-electron chi connectivity index (χ2n) is 6.19. The Labute approximate surface area is 162 Å². The quantitative estimate of drug-likeness (QED) is 0.569. The molecule has 0 heterocycles. The van der Waals surface area contributed by atoms with Crippen LogP contribution >= 0.6 is 15.9 Å². The highest BCUT2D eigenvalue weighted by molar-refractivity contribution is 9.10. The van der Waals surface area contributed by atoms with Gasteiger partial charge in [-0.1, -0.05) is 34.1 Å². The summed E-state index contributed by atoms with van der Waals surface area (Å²) in [6.45, 7) is 4.54. The fourth-order valence-electron chi connectivity index (χ4n) is 2.47. The van der Waals surface area contributed by atoms with Gasteiger partial charge in [0.1, 0.15) is 12.4 Å². The predicted molar refractivity (Wildman–Crippen MR) is 109 cm³/mol. The summed E-state index contributed by atoms with van der Waals surface area (Å²) in [6.07, 6.45) is 0. The Balaban J connectivity index is 1.60. The average molecular weight is 410 g/mol.